The zero-order chi connectivity index (χ0) is 15.2. The summed E-state index contributed by atoms with van der Waals surface area (Å²) in [6.45, 7) is 1.40. The summed E-state index contributed by atoms with van der Waals surface area (Å²) >= 11 is 8.24. The highest BCUT2D eigenvalue weighted by Crippen LogP contribution is 2.25. The van der Waals surface area contributed by atoms with E-state index in [1.807, 2.05) is 0 Å². The van der Waals surface area contributed by atoms with E-state index >= 15 is 0 Å². The lowest BCUT2D eigenvalue weighted by Crippen LogP contribution is -2.13. The number of carbonyl (C=O) groups is 2. The monoisotopic (exact) mass is 342 g/mol. The van der Waals surface area contributed by atoms with E-state index in [9.17, 15) is 9.59 Å². The molecular weight excluding hydrogens is 332 g/mol. The van der Waals surface area contributed by atoms with Crippen LogP contribution in [0.2, 0.25) is 5.02 Å². The Morgan fingerprint density at radius 3 is 2.62 bits per heavy atom. The average Bonchev–Trinajstić information content (AvgIpc) is 2.86. The van der Waals surface area contributed by atoms with Crippen LogP contribution in [0, 0.1) is 0 Å². The van der Waals surface area contributed by atoms with Crippen LogP contribution in [0.5, 0.6) is 0 Å². The highest BCUT2D eigenvalue weighted by Gasteiger charge is 2.09. The molecule has 0 unspecified atom stereocenters. The highest BCUT2D eigenvalue weighted by atomic mass is 35.5. The Morgan fingerprint density at radius 1 is 1.24 bits per heavy atom. The Bertz CT molecular complexity index is 645. The first-order valence-electron chi connectivity index (χ1n) is 5.82. The third kappa shape index (κ3) is 5.33. The number of benzene rings is 1. The fourth-order valence-electron chi connectivity index (χ4n) is 1.33. The van der Waals surface area contributed by atoms with Crippen LogP contribution in [0.15, 0.2) is 28.6 Å². The SMILES string of the molecule is CC(=O)Nc1nnc(SCC(=O)Nc2ccc(Cl)cc2)s1. The molecule has 1 aromatic carbocycles. The van der Waals surface area contributed by atoms with Gasteiger partial charge in [0.1, 0.15) is 0 Å². The van der Waals surface area contributed by atoms with Gasteiger partial charge in [-0.1, -0.05) is 34.7 Å². The van der Waals surface area contributed by atoms with E-state index in [2.05, 4.69) is 20.8 Å². The molecule has 110 valence electrons. The minimum Gasteiger partial charge on any atom is -0.325 e. The van der Waals surface area contributed by atoms with Gasteiger partial charge in [-0.15, -0.1) is 10.2 Å². The number of carbonyl (C=O) groups excluding carboxylic acids is 2. The van der Waals surface area contributed by atoms with Crippen LogP contribution < -0.4 is 10.6 Å². The first-order valence-corrected chi connectivity index (χ1v) is 8.00. The van der Waals surface area contributed by atoms with Crippen molar-refractivity contribution < 1.29 is 9.59 Å². The number of anilines is 2. The van der Waals surface area contributed by atoms with Crippen LogP contribution >= 0.6 is 34.7 Å². The molecule has 9 heteroatoms. The minimum absolute atomic E-state index is 0.154. The summed E-state index contributed by atoms with van der Waals surface area (Å²) in [6, 6.07) is 6.86. The zero-order valence-corrected chi connectivity index (χ0v) is 13.3. The van der Waals surface area contributed by atoms with Gasteiger partial charge in [-0.25, -0.2) is 0 Å². The summed E-state index contributed by atoms with van der Waals surface area (Å²) in [5.41, 5.74) is 0.682. The molecule has 0 radical (unpaired) electrons. The van der Waals surface area contributed by atoms with Gasteiger partial charge < -0.3 is 10.6 Å². The first-order chi connectivity index (χ1) is 10.0. The van der Waals surface area contributed by atoms with Crippen molar-refractivity contribution in [3.63, 3.8) is 0 Å². The predicted octanol–water partition coefficient (Wildman–Crippen LogP) is 2.88. The molecule has 0 spiro atoms. The zero-order valence-electron chi connectivity index (χ0n) is 10.9. The largest absolute Gasteiger partial charge is 0.325 e. The number of thioether (sulfide) groups is 1. The van der Waals surface area contributed by atoms with Crippen LogP contribution in [-0.4, -0.2) is 27.8 Å². The molecule has 0 bridgehead atoms. The van der Waals surface area contributed by atoms with E-state index < -0.39 is 0 Å². The van der Waals surface area contributed by atoms with Gasteiger partial charge in [0.05, 0.1) is 5.75 Å². The molecule has 0 saturated heterocycles. The van der Waals surface area contributed by atoms with Crippen molar-refractivity contribution in [2.24, 2.45) is 0 Å². The van der Waals surface area contributed by atoms with Crippen molar-refractivity contribution >= 4 is 57.3 Å². The third-order valence-corrected chi connectivity index (χ3v) is 4.37. The molecule has 6 nitrogen and oxygen atoms in total. The maximum Gasteiger partial charge on any atom is 0.234 e. The number of halogens is 1. The summed E-state index contributed by atoms with van der Waals surface area (Å²) in [4.78, 5) is 22.6. The summed E-state index contributed by atoms with van der Waals surface area (Å²) in [5.74, 6) is -0.154. The van der Waals surface area contributed by atoms with Crippen LogP contribution in [0.4, 0.5) is 10.8 Å². The van der Waals surface area contributed by atoms with Crippen LogP contribution in [0.3, 0.4) is 0 Å². The molecule has 2 aromatic rings. The smallest absolute Gasteiger partial charge is 0.234 e. The van der Waals surface area contributed by atoms with Gasteiger partial charge in [0.15, 0.2) is 4.34 Å². The second-order valence-electron chi connectivity index (χ2n) is 3.90. The molecule has 0 aliphatic heterocycles. The van der Waals surface area contributed by atoms with Gasteiger partial charge in [0.2, 0.25) is 16.9 Å². The molecular formula is C12H11ClN4O2S2. The van der Waals surface area contributed by atoms with Gasteiger partial charge >= 0.3 is 0 Å². The molecule has 0 saturated carbocycles. The number of amides is 2. The predicted molar refractivity (Wildman–Crippen MR) is 85.0 cm³/mol. The molecule has 2 rings (SSSR count). The Balaban J connectivity index is 1.82. The van der Waals surface area contributed by atoms with Crippen molar-refractivity contribution in [1.29, 1.82) is 0 Å². The quantitative estimate of drug-likeness (QED) is 0.644. The summed E-state index contributed by atoms with van der Waals surface area (Å²) < 4.78 is 0.616. The van der Waals surface area contributed by atoms with E-state index in [4.69, 9.17) is 11.6 Å². The number of nitrogens with zero attached hydrogens (tertiary/aromatic N) is 2. The van der Waals surface area contributed by atoms with Crippen molar-refractivity contribution in [2.45, 2.75) is 11.3 Å². The number of rotatable bonds is 5. The van der Waals surface area contributed by atoms with Crippen molar-refractivity contribution in [2.75, 3.05) is 16.4 Å². The fraction of sp³-hybridized carbons (Fsp3) is 0.167. The number of aromatic nitrogens is 2. The van der Waals surface area contributed by atoms with Crippen molar-refractivity contribution in [1.82, 2.24) is 10.2 Å². The van der Waals surface area contributed by atoms with Crippen molar-refractivity contribution in [3.8, 4) is 0 Å². The molecule has 1 aromatic heterocycles. The Kier molecular flexibility index (Phi) is 5.54. The number of hydrogen-bond donors (Lipinski definition) is 2. The lowest BCUT2D eigenvalue weighted by molar-refractivity contribution is -0.114. The van der Waals surface area contributed by atoms with Crippen LogP contribution in [-0.2, 0) is 9.59 Å². The van der Waals surface area contributed by atoms with E-state index in [1.165, 1.54) is 30.0 Å². The molecule has 0 atom stereocenters. The molecule has 21 heavy (non-hydrogen) atoms. The van der Waals surface area contributed by atoms with Crippen molar-refractivity contribution in [3.05, 3.63) is 29.3 Å². The van der Waals surface area contributed by atoms with E-state index in [1.54, 1.807) is 24.3 Å². The first kappa shape index (κ1) is 15.7. The standard InChI is InChI=1S/C12H11ClN4O2S2/c1-7(18)14-11-16-17-12(21-11)20-6-10(19)15-9-4-2-8(13)3-5-9/h2-5H,6H2,1H3,(H,15,19)(H,14,16,18). The van der Waals surface area contributed by atoms with E-state index in [-0.39, 0.29) is 17.6 Å². The minimum atomic E-state index is -0.205. The van der Waals surface area contributed by atoms with Gasteiger partial charge in [0.25, 0.3) is 0 Å². The lowest BCUT2D eigenvalue weighted by atomic mass is 10.3. The molecule has 0 aliphatic carbocycles. The Labute approximate surface area is 134 Å². The molecule has 0 fully saturated rings. The van der Waals surface area contributed by atoms with E-state index in [0.717, 1.165) is 0 Å². The maximum absolute atomic E-state index is 11.8. The molecule has 0 aliphatic rings. The fourth-order valence-corrected chi connectivity index (χ4v) is 3.05. The van der Waals surface area contributed by atoms with Gasteiger partial charge in [-0.05, 0) is 24.3 Å². The van der Waals surface area contributed by atoms with Gasteiger partial charge in [-0.2, -0.15) is 0 Å². The lowest BCUT2D eigenvalue weighted by Gasteiger charge is -2.03. The van der Waals surface area contributed by atoms with Crippen LogP contribution in [0.25, 0.3) is 0 Å². The highest BCUT2D eigenvalue weighted by molar-refractivity contribution is 8.01. The van der Waals surface area contributed by atoms with E-state index in [0.29, 0.717) is 20.2 Å². The molecule has 1 heterocycles. The third-order valence-electron chi connectivity index (χ3n) is 2.14. The average molecular weight is 343 g/mol. The molecule has 2 N–H and O–H groups in total. The second-order valence-corrected chi connectivity index (χ2v) is 6.53. The Hall–Kier alpha value is -1.64. The normalized spacial score (nSPS) is 10.2. The summed E-state index contributed by atoms with van der Waals surface area (Å²) in [5, 5.41) is 14.0. The molecule has 2 amide bonds. The van der Waals surface area contributed by atoms with Gasteiger partial charge in [0, 0.05) is 17.6 Å². The van der Waals surface area contributed by atoms with Crippen LogP contribution in [0.1, 0.15) is 6.92 Å². The number of hydrogen-bond acceptors (Lipinski definition) is 6. The second kappa shape index (κ2) is 7.39. The summed E-state index contributed by atoms with van der Waals surface area (Å²) in [6.07, 6.45) is 0. The summed E-state index contributed by atoms with van der Waals surface area (Å²) in [7, 11) is 0. The topological polar surface area (TPSA) is 84.0 Å². The number of nitrogens with one attached hydrogen (secondary N) is 2. The Morgan fingerprint density at radius 2 is 1.95 bits per heavy atom. The maximum atomic E-state index is 11.8. The van der Waals surface area contributed by atoms with Gasteiger partial charge in [-0.3, -0.25) is 9.59 Å².